The molecule has 0 spiro atoms. The predicted molar refractivity (Wildman–Crippen MR) is 114 cm³/mol. The zero-order chi connectivity index (χ0) is 22.3. The quantitative estimate of drug-likeness (QED) is 0.606. The lowest BCUT2D eigenvalue weighted by Crippen LogP contribution is -2.43. The molecule has 164 valence electrons. The molecule has 0 aromatic heterocycles. The number of rotatable bonds is 9. The lowest BCUT2D eigenvalue weighted by atomic mass is 10.1. The van der Waals surface area contributed by atoms with Gasteiger partial charge in [-0.3, -0.25) is 0 Å². The Labute approximate surface area is 177 Å². The molecule has 2 aromatic rings. The fourth-order valence-corrected chi connectivity index (χ4v) is 3.66. The zero-order valence-corrected chi connectivity index (χ0v) is 18.7. The summed E-state index contributed by atoms with van der Waals surface area (Å²) < 4.78 is 41.1. The Hall–Kier alpha value is -2.94. The summed E-state index contributed by atoms with van der Waals surface area (Å²) in [6.07, 6.45) is 0. The van der Waals surface area contributed by atoms with Crippen LogP contribution in [0.4, 0.5) is 4.79 Å². The maximum atomic E-state index is 12.7. The van der Waals surface area contributed by atoms with Gasteiger partial charge >= 0.3 is 16.1 Å². The molecule has 2 aromatic carbocycles. The van der Waals surface area contributed by atoms with Gasteiger partial charge in [0.15, 0.2) is 11.5 Å². The van der Waals surface area contributed by atoms with Gasteiger partial charge in [0, 0.05) is 19.1 Å². The number of urea groups is 1. The van der Waals surface area contributed by atoms with Gasteiger partial charge in [-0.1, -0.05) is 6.07 Å². The van der Waals surface area contributed by atoms with Gasteiger partial charge in [-0.2, -0.15) is 8.42 Å². The topological polar surface area (TPSA) is 94.2 Å². The molecule has 30 heavy (non-hydrogen) atoms. The normalized spacial score (nSPS) is 11.1. The van der Waals surface area contributed by atoms with Crippen molar-refractivity contribution in [2.45, 2.75) is 38.3 Å². The van der Waals surface area contributed by atoms with E-state index in [9.17, 15) is 13.2 Å². The van der Waals surface area contributed by atoms with E-state index in [-0.39, 0.29) is 35.0 Å². The lowest BCUT2D eigenvalue weighted by Gasteiger charge is -2.27. The van der Waals surface area contributed by atoms with Gasteiger partial charge < -0.3 is 23.9 Å². The van der Waals surface area contributed by atoms with Crippen LogP contribution in [0.25, 0.3) is 0 Å². The highest BCUT2D eigenvalue weighted by molar-refractivity contribution is 7.87. The first-order valence-corrected chi connectivity index (χ1v) is 10.9. The second-order valence-corrected chi connectivity index (χ2v) is 8.30. The summed E-state index contributed by atoms with van der Waals surface area (Å²) in [6, 6.07) is 10.6. The smallest absolute Gasteiger partial charge is 0.339 e. The molecule has 0 aliphatic heterocycles. The first-order chi connectivity index (χ1) is 14.2. The molecule has 8 nitrogen and oxygen atoms in total. The number of ether oxygens (including phenoxy) is 2. The van der Waals surface area contributed by atoms with Crippen LogP contribution in [0, 0.1) is 0 Å². The molecule has 1 N–H and O–H groups in total. The monoisotopic (exact) mass is 436 g/mol. The fourth-order valence-electron chi connectivity index (χ4n) is 2.73. The van der Waals surface area contributed by atoms with Gasteiger partial charge in [0.1, 0.15) is 10.6 Å². The lowest BCUT2D eigenvalue weighted by molar-refractivity contribution is 0.180. The van der Waals surface area contributed by atoms with Crippen molar-refractivity contribution < 1.29 is 26.9 Å². The number of hydrogen-bond donors (Lipinski definition) is 1. The predicted octanol–water partition coefficient (Wildman–Crippen LogP) is 3.41. The average Bonchev–Trinajstić information content (AvgIpc) is 2.71. The van der Waals surface area contributed by atoms with E-state index in [1.54, 1.807) is 23.1 Å². The van der Waals surface area contributed by atoms with Gasteiger partial charge in [-0.05, 0) is 62.7 Å². The Bertz CT molecular complexity index is 958. The van der Waals surface area contributed by atoms with Crippen molar-refractivity contribution in [1.82, 2.24) is 10.2 Å². The van der Waals surface area contributed by atoms with Crippen molar-refractivity contribution in [3.8, 4) is 17.2 Å². The van der Waals surface area contributed by atoms with E-state index in [1.807, 2.05) is 20.8 Å². The molecule has 9 heteroatoms. The molecular formula is C21H28N2O6S. The highest BCUT2D eigenvalue weighted by Gasteiger charge is 2.21. The van der Waals surface area contributed by atoms with E-state index >= 15 is 0 Å². The second kappa shape index (κ2) is 10.2. The molecule has 2 amide bonds. The molecule has 0 saturated carbocycles. The van der Waals surface area contributed by atoms with Crippen LogP contribution in [-0.4, -0.2) is 46.2 Å². The molecule has 2 rings (SSSR count). The maximum Gasteiger partial charge on any atom is 0.339 e. The van der Waals surface area contributed by atoms with Crippen molar-refractivity contribution in [3.05, 3.63) is 48.0 Å². The maximum absolute atomic E-state index is 12.7. The highest BCUT2D eigenvalue weighted by atomic mass is 32.2. The van der Waals surface area contributed by atoms with Gasteiger partial charge in [-0.15, -0.1) is 0 Å². The van der Waals surface area contributed by atoms with Crippen molar-refractivity contribution in [2.75, 3.05) is 20.8 Å². The Kier molecular flexibility index (Phi) is 7.93. The molecular weight excluding hydrogens is 408 g/mol. The minimum absolute atomic E-state index is 0.0121. The largest absolute Gasteiger partial charge is 0.497 e. The van der Waals surface area contributed by atoms with Crippen LogP contribution >= 0.6 is 0 Å². The first kappa shape index (κ1) is 23.3. The third kappa shape index (κ3) is 5.79. The molecule has 0 unspecified atom stereocenters. The van der Waals surface area contributed by atoms with E-state index in [2.05, 4.69) is 5.32 Å². The minimum Gasteiger partial charge on any atom is -0.497 e. The Morgan fingerprint density at radius 2 is 1.70 bits per heavy atom. The van der Waals surface area contributed by atoms with Gasteiger partial charge in [0.05, 0.1) is 14.2 Å². The van der Waals surface area contributed by atoms with E-state index < -0.39 is 10.1 Å². The standard InChI is InChI=1S/C21H28N2O6S/c1-6-22-21(24)23(15(2)3)14-16-7-12-19(28-5)20(13-16)29-30(25,26)18-10-8-17(27-4)9-11-18/h7-13,15H,6,14H2,1-5H3,(H,22,24). The number of carbonyl (C=O) groups excluding carboxylic acids is 1. The number of hydrogen-bond acceptors (Lipinski definition) is 6. The summed E-state index contributed by atoms with van der Waals surface area (Å²) in [5.41, 5.74) is 0.704. The number of methoxy groups -OCH3 is 2. The summed E-state index contributed by atoms with van der Waals surface area (Å²) in [5, 5.41) is 2.78. The fraction of sp³-hybridized carbons (Fsp3) is 0.381. The molecule has 0 atom stereocenters. The van der Waals surface area contributed by atoms with Crippen LogP contribution in [0.2, 0.25) is 0 Å². The molecule has 0 heterocycles. The van der Waals surface area contributed by atoms with Crippen LogP contribution < -0.4 is 19.0 Å². The molecule has 0 bridgehead atoms. The van der Waals surface area contributed by atoms with Gasteiger partial charge in [-0.25, -0.2) is 4.79 Å². The summed E-state index contributed by atoms with van der Waals surface area (Å²) in [5.74, 6) is 0.850. The highest BCUT2D eigenvalue weighted by Crippen LogP contribution is 2.31. The van der Waals surface area contributed by atoms with E-state index in [1.165, 1.54) is 38.5 Å². The number of amides is 2. The van der Waals surface area contributed by atoms with Crippen LogP contribution in [0.5, 0.6) is 17.2 Å². The Balaban J connectivity index is 2.32. The summed E-state index contributed by atoms with van der Waals surface area (Å²) in [7, 11) is -1.16. The van der Waals surface area contributed by atoms with E-state index in [0.29, 0.717) is 17.9 Å². The molecule has 0 saturated heterocycles. The van der Waals surface area contributed by atoms with Crippen molar-refractivity contribution >= 4 is 16.1 Å². The van der Waals surface area contributed by atoms with Crippen molar-refractivity contribution in [3.63, 3.8) is 0 Å². The SMILES string of the molecule is CCNC(=O)N(Cc1ccc(OC)c(OS(=O)(=O)c2ccc(OC)cc2)c1)C(C)C. The first-order valence-electron chi connectivity index (χ1n) is 9.51. The zero-order valence-electron chi connectivity index (χ0n) is 17.8. The van der Waals surface area contributed by atoms with Gasteiger partial charge in [0.25, 0.3) is 0 Å². The Morgan fingerprint density at radius 1 is 1.03 bits per heavy atom. The number of nitrogens with one attached hydrogen (secondary N) is 1. The van der Waals surface area contributed by atoms with Gasteiger partial charge in [0.2, 0.25) is 0 Å². The number of nitrogens with zero attached hydrogens (tertiary/aromatic N) is 1. The number of carbonyl (C=O) groups is 1. The van der Waals surface area contributed by atoms with Crippen LogP contribution in [0.3, 0.4) is 0 Å². The van der Waals surface area contributed by atoms with Crippen molar-refractivity contribution in [1.29, 1.82) is 0 Å². The minimum atomic E-state index is -4.09. The van der Waals surface area contributed by atoms with Crippen LogP contribution in [0.15, 0.2) is 47.4 Å². The summed E-state index contributed by atoms with van der Waals surface area (Å²) in [4.78, 5) is 13.9. The molecule has 0 fully saturated rings. The van der Waals surface area contributed by atoms with Crippen LogP contribution in [-0.2, 0) is 16.7 Å². The third-order valence-electron chi connectivity index (χ3n) is 4.34. The Morgan fingerprint density at radius 3 is 2.23 bits per heavy atom. The average molecular weight is 437 g/mol. The van der Waals surface area contributed by atoms with Crippen LogP contribution in [0.1, 0.15) is 26.3 Å². The van der Waals surface area contributed by atoms with E-state index in [4.69, 9.17) is 13.7 Å². The molecule has 0 radical (unpaired) electrons. The summed E-state index contributed by atoms with van der Waals surface area (Å²) in [6.45, 7) is 6.46. The van der Waals surface area contributed by atoms with Crippen molar-refractivity contribution in [2.24, 2.45) is 0 Å². The second-order valence-electron chi connectivity index (χ2n) is 6.76. The molecule has 0 aliphatic rings. The summed E-state index contributed by atoms with van der Waals surface area (Å²) >= 11 is 0. The van der Waals surface area contributed by atoms with E-state index in [0.717, 1.165) is 0 Å². The molecule has 0 aliphatic carbocycles. The number of benzene rings is 2. The third-order valence-corrected chi connectivity index (χ3v) is 5.59.